The van der Waals surface area contributed by atoms with E-state index in [0.717, 1.165) is 27.9 Å². The van der Waals surface area contributed by atoms with Gasteiger partial charge in [0.05, 0.1) is 19.7 Å². The quantitative estimate of drug-likeness (QED) is 0.119. The minimum Gasteiger partial charge on any atom is -0.467 e. The van der Waals surface area contributed by atoms with E-state index < -0.39 is 96.0 Å². The molecular formula is C41H57N3O15. The zero-order chi connectivity index (χ0) is 44.4. The van der Waals surface area contributed by atoms with Gasteiger partial charge < -0.3 is 48.7 Å². The molecule has 2 N–H and O–H groups in total. The van der Waals surface area contributed by atoms with Crippen LogP contribution in [0, 0.1) is 19.8 Å². The van der Waals surface area contributed by atoms with Gasteiger partial charge in [-0.05, 0) is 70.2 Å². The molecule has 0 aliphatic carbocycles. The van der Waals surface area contributed by atoms with E-state index in [0.29, 0.717) is 30.6 Å². The fourth-order valence-corrected chi connectivity index (χ4v) is 7.14. The van der Waals surface area contributed by atoms with Gasteiger partial charge in [-0.15, -0.1) is 0 Å². The van der Waals surface area contributed by atoms with Crippen molar-refractivity contribution in [2.75, 3.05) is 26.7 Å². The van der Waals surface area contributed by atoms with Crippen LogP contribution >= 0.6 is 0 Å². The van der Waals surface area contributed by atoms with Crippen molar-refractivity contribution in [1.29, 1.82) is 0 Å². The SMILES string of the molecule is COC(=O)[C@@]1(C/C=C/[C@H]2CCN(C(=O)OC(C)(C)C)C2)C[C@H](OC(C)=O)[C@@H](NC(C)=O)[C@H]([C@H](OC(C)=O)[C@@H](CNC(=O)c2cc(C)c(OC(C)=O)c(C)c2)OC(C)=O)O1. The lowest BCUT2D eigenvalue weighted by atomic mass is 9.81. The van der Waals surface area contributed by atoms with Gasteiger partial charge in [-0.3, -0.25) is 28.8 Å². The summed E-state index contributed by atoms with van der Waals surface area (Å²) in [4.78, 5) is 104. The maximum Gasteiger partial charge on any atom is 0.410 e. The van der Waals surface area contributed by atoms with Crippen LogP contribution in [0.15, 0.2) is 24.3 Å². The Morgan fingerprint density at radius 3 is 2.08 bits per heavy atom. The van der Waals surface area contributed by atoms with Gasteiger partial charge in [0.1, 0.15) is 23.6 Å². The number of likely N-dealkylation sites (tertiary alicyclic amines) is 1. The van der Waals surface area contributed by atoms with Crippen molar-refractivity contribution in [2.24, 2.45) is 5.92 Å². The summed E-state index contributed by atoms with van der Waals surface area (Å²) in [6, 6.07) is 1.68. The molecule has 0 bridgehead atoms. The molecule has 2 aliphatic rings. The Balaban J connectivity index is 2.06. The van der Waals surface area contributed by atoms with E-state index in [9.17, 15) is 38.4 Å². The number of esters is 5. The first-order valence-electron chi connectivity index (χ1n) is 19.2. The maximum absolute atomic E-state index is 13.8. The number of aryl methyl sites for hydroxylation is 2. The zero-order valence-electron chi connectivity index (χ0n) is 35.6. The fraction of sp³-hybridized carbons (Fsp3) is 0.610. The molecule has 2 saturated heterocycles. The number of methoxy groups -OCH3 is 1. The van der Waals surface area contributed by atoms with Crippen molar-refractivity contribution in [3.05, 3.63) is 41.0 Å². The second-order valence-corrected chi connectivity index (χ2v) is 15.7. The Kier molecular flexibility index (Phi) is 16.6. The van der Waals surface area contributed by atoms with Crippen molar-refractivity contribution in [3.8, 4) is 5.75 Å². The van der Waals surface area contributed by atoms with Crippen LogP contribution in [-0.4, -0.2) is 121 Å². The Labute approximate surface area is 343 Å². The van der Waals surface area contributed by atoms with Gasteiger partial charge in [0.15, 0.2) is 17.8 Å². The molecule has 18 nitrogen and oxygen atoms in total. The summed E-state index contributed by atoms with van der Waals surface area (Å²) in [5.74, 6) is -5.02. The summed E-state index contributed by atoms with van der Waals surface area (Å²) in [7, 11) is 1.13. The van der Waals surface area contributed by atoms with Gasteiger partial charge >= 0.3 is 35.9 Å². The predicted molar refractivity (Wildman–Crippen MR) is 208 cm³/mol. The number of hydrogen-bond acceptors (Lipinski definition) is 15. The van der Waals surface area contributed by atoms with Crippen molar-refractivity contribution >= 4 is 47.8 Å². The number of amides is 3. The maximum atomic E-state index is 13.8. The first-order valence-corrected chi connectivity index (χ1v) is 19.2. The molecule has 0 spiro atoms. The van der Waals surface area contributed by atoms with Crippen LogP contribution in [-0.2, 0) is 57.2 Å². The van der Waals surface area contributed by atoms with Crippen LogP contribution in [0.4, 0.5) is 4.79 Å². The molecule has 2 aliphatic heterocycles. The Bertz CT molecular complexity index is 1780. The topological polar surface area (TPSA) is 228 Å². The number of nitrogens with one attached hydrogen (secondary N) is 2. The molecule has 7 atom stereocenters. The molecule has 59 heavy (non-hydrogen) atoms. The molecule has 0 radical (unpaired) electrons. The van der Waals surface area contributed by atoms with Crippen LogP contribution in [0.3, 0.4) is 0 Å². The van der Waals surface area contributed by atoms with E-state index in [1.165, 1.54) is 26.0 Å². The molecular weight excluding hydrogens is 774 g/mol. The number of benzene rings is 1. The lowest BCUT2D eigenvalue weighted by molar-refractivity contribution is -0.239. The summed E-state index contributed by atoms with van der Waals surface area (Å²) in [5.41, 5.74) is -1.47. The van der Waals surface area contributed by atoms with Crippen LogP contribution in [0.25, 0.3) is 0 Å². The Hall–Kier alpha value is -5.52. The van der Waals surface area contributed by atoms with Crippen molar-refractivity contribution in [1.82, 2.24) is 15.5 Å². The highest BCUT2D eigenvalue weighted by Crippen LogP contribution is 2.39. The van der Waals surface area contributed by atoms with Crippen molar-refractivity contribution in [3.63, 3.8) is 0 Å². The second kappa shape index (κ2) is 20.4. The molecule has 2 fully saturated rings. The van der Waals surface area contributed by atoms with Crippen molar-refractivity contribution < 1.29 is 71.5 Å². The first-order chi connectivity index (χ1) is 27.4. The highest BCUT2D eigenvalue weighted by Gasteiger charge is 2.57. The van der Waals surface area contributed by atoms with E-state index >= 15 is 0 Å². The fourth-order valence-electron chi connectivity index (χ4n) is 7.14. The van der Waals surface area contributed by atoms with E-state index in [1.54, 1.807) is 45.6 Å². The summed E-state index contributed by atoms with van der Waals surface area (Å²) < 4.78 is 39.7. The molecule has 0 saturated carbocycles. The van der Waals surface area contributed by atoms with Crippen LogP contribution in [0.5, 0.6) is 5.75 Å². The number of rotatable bonds is 14. The number of carbonyl (C=O) groups is 8. The second-order valence-electron chi connectivity index (χ2n) is 15.7. The largest absolute Gasteiger partial charge is 0.467 e. The monoisotopic (exact) mass is 831 g/mol. The van der Waals surface area contributed by atoms with E-state index in [-0.39, 0.29) is 30.1 Å². The van der Waals surface area contributed by atoms with Gasteiger partial charge in [-0.25, -0.2) is 9.59 Å². The highest BCUT2D eigenvalue weighted by atomic mass is 16.6. The average Bonchev–Trinajstić information content (AvgIpc) is 3.59. The molecule has 3 amide bonds. The van der Waals surface area contributed by atoms with Gasteiger partial charge in [-0.1, -0.05) is 12.2 Å². The lowest BCUT2D eigenvalue weighted by Gasteiger charge is -2.49. The van der Waals surface area contributed by atoms with Gasteiger partial charge in [-0.2, -0.15) is 0 Å². The van der Waals surface area contributed by atoms with Gasteiger partial charge in [0.25, 0.3) is 5.91 Å². The number of nitrogens with zero attached hydrogens (tertiary/aromatic N) is 1. The van der Waals surface area contributed by atoms with E-state index in [1.807, 2.05) is 6.08 Å². The van der Waals surface area contributed by atoms with Crippen LogP contribution in [0.1, 0.15) is 96.1 Å². The predicted octanol–water partition coefficient (Wildman–Crippen LogP) is 3.16. The number of hydrogen-bond donors (Lipinski definition) is 2. The number of carbonyl (C=O) groups excluding carboxylic acids is 8. The Morgan fingerprint density at radius 2 is 1.56 bits per heavy atom. The molecule has 18 heteroatoms. The molecule has 1 aromatic carbocycles. The molecule has 2 heterocycles. The third-order valence-corrected chi connectivity index (χ3v) is 9.37. The normalized spacial score (nSPS) is 22.7. The smallest absolute Gasteiger partial charge is 0.410 e. The van der Waals surface area contributed by atoms with Crippen molar-refractivity contribution in [2.45, 2.75) is 130 Å². The third kappa shape index (κ3) is 13.8. The standard InChI is InChI=1S/C41H57N3O15/c1-22-17-30(18-23(2)34(22)56-27(6)48)37(50)42-20-32(55-26(5)47)35(57-28(7)49)36-33(43-24(3)45)31(54-25(4)46)19-41(58-36,38(51)53-11)15-12-13-29-14-16-44(21-29)39(52)59-40(8,9)10/h12-13,17-18,29,31-33,35-36H,14-16,19-21H2,1-11H3,(H,42,50)(H,43,45)/b13-12+/t29-,31-,32+,33+,35+,36+,41+/m0/s1. The molecule has 326 valence electrons. The summed E-state index contributed by atoms with van der Waals surface area (Å²) >= 11 is 0. The zero-order valence-corrected chi connectivity index (χ0v) is 35.6. The minimum absolute atomic E-state index is 0.121. The molecule has 0 unspecified atom stereocenters. The summed E-state index contributed by atoms with van der Waals surface area (Å²) in [6.45, 7) is 14.7. The highest BCUT2D eigenvalue weighted by molar-refractivity contribution is 5.95. The average molecular weight is 832 g/mol. The molecule has 0 aromatic heterocycles. The third-order valence-electron chi connectivity index (χ3n) is 9.37. The number of ether oxygens (including phenoxy) is 7. The van der Waals surface area contributed by atoms with E-state index in [4.69, 9.17) is 33.2 Å². The first kappa shape index (κ1) is 47.9. The lowest BCUT2D eigenvalue weighted by Crippen LogP contribution is -2.69. The van der Waals surface area contributed by atoms with Crippen LogP contribution < -0.4 is 15.4 Å². The van der Waals surface area contributed by atoms with Gasteiger partial charge in [0, 0.05) is 66.1 Å². The Morgan fingerprint density at radius 1 is 0.932 bits per heavy atom. The summed E-state index contributed by atoms with van der Waals surface area (Å²) in [6.07, 6.45) is -2.89. The van der Waals surface area contributed by atoms with Gasteiger partial charge in [0.2, 0.25) is 5.91 Å². The summed E-state index contributed by atoms with van der Waals surface area (Å²) in [5, 5.41) is 5.35. The molecule has 3 rings (SSSR count). The minimum atomic E-state index is -1.93. The van der Waals surface area contributed by atoms with Crippen LogP contribution in [0.2, 0.25) is 0 Å². The molecule has 1 aromatic rings. The van der Waals surface area contributed by atoms with E-state index in [2.05, 4.69) is 10.6 Å².